The third-order valence-electron chi connectivity index (χ3n) is 3.81. The van der Waals surface area contributed by atoms with Crippen molar-refractivity contribution in [3.63, 3.8) is 0 Å². The molecule has 2 aromatic heterocycles. The summed E-state index contributed by atoms with van der Waals surface area (Å²) in [5, 5.41) is 7.47. The number of benzene rings is 1. The lowest BCUT2D eigenvalue weighted by Gasteiger charge is -2.20. The zero-order valence-electron chi connectivity index (χ0n) is 13.4. The molecule has 3 heterocycles. The summed E-state index contributed by atoms with van der Waals surface area (Å²) in [6.07, 6.45) is 0. The number of aromatic nitrogens is 1. The van der Waals surface area contributed by atoms with Crippen molar-refractivity contribution >= 4 is 22.7 Å². The van der Waals surface area contributed by atoms with Crippen LogP contribution in [-0.2, 0) is 13.1 Å². The smallest absolute Gasteiger partial charge is 0.161 e. The van der Waals surface area contributed by atoms with E-state index >= 15 is 0 Å². The Morgan fingerprint density at radius 2 is 1.96 bits per heavy atom. The highest BCUT2D eigenvalue weighted by molar-refractivity contribution is 7.14. The third-order valence-corrected chi connectivity index (χ3v) is 5.43. The van der Waals surface area contributed by atoms with Gasteiger partial charge in [0.25, 0.3) is 0 Å². The van der Waals surface area contributed by atoms with E-state index in [1.807, 2.05) is 6.07 Å². The van der Waals surface area contributed by atoms with E-state index in [-0.39, 0.29) is 0 Å². The molecule has 24 heavy (non-hydrogen) atoms. The maximum atomic E-state index is 5.66. The summed E-state index contributed by atoms with van der Waals surface area (Å²) in [5.41, 5.74) is 3.54. The van der Waals surface area contributed by atoms with Crippen molar-refractivity contribution in [2.45, 2.75) is 13.1 Å². The van der Waals surface area contributed by atoms with Crippen molar-refractivity contribution < 1.29 is 9.47 Å². The van der Waals surface area contributed by atoms with Crippen LogP contribution in [-0.4, -0.2) is 30.1 Å². The van der Waals surface area contributed by atoms with E-state index in [2.05, 4.69) is 46.3 Å². The zero-order chi connectivity index (χ0) is 16.4. The Hall–Kier alpha value is -1.89. The minimum absolute atomic E-state index is 0.622. The standard InChI is InChI=1S/C18H18N2O2S2/c1-20(9-13-2-3-16-17(8-13)22-6-5-21-16)10-15-12-24-18(19-15)14-4-7-23-11-14/h2-4,7-8,11-12H,5-6,9-10H2,1H3. The van der Waals surface area contributed by atoms with Crippen molar-refractivity contribution in [3.8, 4) is 22.1 Å². The van der Waals surface area contributed by atoms with Crippen LogP contribution in [0.4, 0.5) is 0 Å². The van der Waals surface area contributed by atoms with Gasteiger partial charge in [0.1, 0.15) is 18.2 Å². The minimum Gasteiger partial charge on any atom is -0.486 e. The Bertz CT molecular complexity index is 814. The average molecular weight is 358 g/mol. The van der Waals surface area contributed by atoms with Gasteiger partial charge < -0.3 is 9.47 Å². The Morgan fingerprint density at radius 3 is 2.79 bits per heavy atom. The molecule has 1 aliphatic rings. The maximum Gasteiger partial charge on any atom is 0.161 e. The number of thiophene rings is 1. The molecule has 0 radical (unpaired) electrons. The first kappa shape index (κ1) is 15.6. The van der Waals surface area contributed by atoms with Crippen LogP contribution in [0.15, 0.2) is 40.4 Å². The fraction of sp³-hybridized carbons (Fsp3) is 0.278. The molecule has 0 saturated carbocycles. The second-order valence-electron chi connectivity index (χ2n) is 5.81. The van der Waals surface area contributed by atoms with E-state index in [9.17, 15) is 0 Å². The molecule has 0 N–H and O–H groups in total. The number of hydrogen-bond acceptors (Lipinski definition) is 6. The number of ether oxygens (including phenoxy) is 2. The maximum absolute atomic E-state index is 5.66. The first-order chi connectivity index (χ1) is 11.8. The number of thiazole rings is 1. The molecule has 0 unspecified atom stereocenters. The summed E-state index contributed by atoms with van der Waals surface area (Å²) in [7, 11) is 2.11. The van der Waals surface area contributed by atoms with Crippen LogP contribution < -0.4 is 9.47 Å². The molecule has 0 fully saturated rings. The Morgan fingerprint density at radius 1 is 1.08 bits per heavy atom. The van der Waals surface area contributed by atoms with Gasteiger partial charge in [-0.15, -0.1) is 11.3 Å². The predicted molar refractivity (Wildman–Crippen MR) is 98.0 cm³/mol. The van der Waals surface area contributed by atoms with Crippen LogP contribution in [0.5, 0.6) is 11.5 Å². The van der Waals surface area contributed by atoms with E-state index < -0.39 is 0 Å². The van der Waals surface area contributed by atoms with Gasteiger partial charge in [0, 0.05) is 29.4 Å². The third kappa shape index (κ3) is 3.45. The molecule has 0 spiro atoms. The van der Waals surface area contributed by atoms with Gasteiger partial charge in [0.15, 0.2) is 11.5 Å². The summed E-state index contributed by atoms with van der Waals surface area (Å²) >= 11 is 3.41. The Kier molecular flexibility index (Phi) is 4.51. The lowest BCUT2D eigenvalue weighted by molar-refractivity contribution is 0.171. The molecule has 0 bridgehead atoms. The second kappa shape index (κ2) is 6.93. The molecule has 0 atom stereocenters. The van der Waals surface area contributed by atoms with Crippen LogP contribution in [0, 0.1) is 0 Å². The topological polar surface area (TPSA) is 34.6 Å². The first-order valence-electron chi connectivity index (χ1n) is 7.82. The largest absolute Gasteiger partial charge is 0.486 e. The molecule has 6 heteroatoms. The molecule has 3 aromatic rings. The van der Waals surface area contributed by atoms with Gasteiger partial charge in [-0.25, -0.2) is 4.98 Å². The molecule has 4 rings (SSSR count). The number of hydrogen-bond donors (Lipinski definition) is 0. The van der Waals surface area contributed by atoms with Gasteiger partial charge in [-0.3, -0.25) is 4.90 Å². The van der Waals surface area contributed by atoms with Gasteiger partial charge >= 0.3 is 0 Å². The van der Waals surface area contributed by atoms with E-state index in [1.54, 1.807) is 22.7 Å². The first-order valence-corrected chi connectivity index (χ1v) is 9.64. The average Bonchev–Trinajstić information content (AvgIpc) is 3.26. The SMILES string of the molecule is CN(Cc1ccc2c(c1)OCCO2)Cc1csc(-c2ccsc2)n1. The molecular weight excluding hydrogens is 340 g/mol. The quantitative estimate of drug-likeness (QED) is 0.682. The number of fused-ring (bicyclic) bond motifs is 1. The molecule has 1 aliphatic heterocycles. The number of rotatable bonds is 5. The Balaban J connectivity index is 1.41. The van der Waals surface area contributed by atoms with Gasteiger partial charge in [0.05, 0.1) is 5.69 Å². The summed E-state index contributed by atoms with van der Waals surface area (Å²) in [6.45, 7) is 2.93. The fourth-order valence-corrected chi connectivity index (χ4v) is 4.25. The molecule has 0 amide bonds. The highest BCUT2D eigenvalue weighted by atomic mass is 32.1. The van der Waals surface area contributed by atoms with E-state index in [0.29, 0.717) is 13.2 Å². The van der Waals surface area contributed by atoms with Crippen molar-refractivity contribution in [1.82, 2.24) is 9.88 Å². The van der Waals surface area contributed by atoms with Crippen molar-refractivity contribution in [2.24, 2.45) is 0 Å². The van der Waals surface area contributed by atoms with Crippen LogP contribution in [0.25, 0.3) is 10.6 Å². The number of nitrogens with zero attached hydrogens (tertiary/aromatic N) is 2. The summed E-state index contributed by atoms with van der Waals surface area (Å²) in [4.78, 5) is 7.01. The summed E-state index contributed by atoms with van der Waals surface area (Å²) in [5.74, 6) is 1.69. The van der Waals surface area contributed by atoms with Crippen LogP contribution in [0.3, 0.4) is 0 Å². The highest BCUT2D eigenvalue weighted by Crippen LogP contribution is 2.31. The lowest BCUT2D eigenvalue weighted by Crippen LogP contribution is -2.18. The highest BCUT2D eigenvalue weighted by Gasteiger charge is 2.13. The Labute approximate surface area is 149 Å². The van der Waals surface area contributed by atoms with E-state index in [1.165, 1.54) is 11.1 Å². The van der Waals surface area contributed by atoms with Crippen LogP contribution in [0.1, 0.15) is 11.3 Å². The van der Waals surface area contributed by atoms with Gasteiger partial charge in [-0.05, 0) is 36.2 Å². The molecule has 0 aliphatic carbocycles. The van der Waals surface area contributed by atoms with Crippen LogP contribution in [0.2, 0.25) is 0 Å². The molecule has 0 saturated heterocycles. The zero-order valence-corrected chi connectivity index (χ0v) is 15.0. The molecule has 1 aromatic carbocycles. The monoisotopic (exact) mass is 358 g/mol. The lowest BCUT2D eigenvalue weighted by atomic mass is 10.2. The van der Waals surface area contributed by atoms with Gasteiger partial charge in [-0.2, -0.15) is 11.3 Å². The van der Waals surface area contributed by atoms with Crippen molar-refractivity contribution in [1.29, 1.82) is 0 Å². The molecule has 124 valence electrons. The molecular formula is C18H18N2O2S2. The predicted octanol–water partition coefficient (Wildman–Crippen LogP) is 4.27. The normalized spacial score (nSPS) is 13.4. The molecule has 4 nitrogen and oxygen atoms in total. The second-order valence-corrected chi connectivity index (χ2v) is 7.44. The van der Waals surface area contributed by atoms with Crippen LogP contribution >= 0.6 is 22.7 Å². The van der Waals surface area contributed by atoms with Crippen molar-refractivity contribution in [3.05, 3.63) is 51.7 Å². The fourth-order valence-electron chi connectivity index (χ4n) is 2.73. The summed E-state index contributed by atoms with van der Waals surface area (Å²) < 4.78 is 11.2. The van der Waals surface area contributed by atoms with Gasteiger partial charge in [-0.1, -0.05) is 6.07 Å². The van der Waals surface area contributed by atoms with Crippen molar-refractivity contribution in [2.75, 3.05) is 20.3 Å². The minimum atomic E-state index is 0.622. The summed E-state index contributed by atoms with van der Waals surface area (Å²) in [6, 6.07) is 8.28. The van der Waals surface area contributed by atoms with E-state index in [4.69, 9.17) is 14.5 Å². The van der Waals surface area contributed by atoms with E-state index in [0.717, 1.165) is 35.3 Å². The van der Waals surface area contributed by atoms with Gasteiger partial charge in [0.2, 0.25) is 0 Å².